The monoisotopic (exact) mass is 300 g/mol. The van der Waals surface area contributed by atoms with Crippen LogP contribution < -0.4 is 20.5 Å². The number of methoxy groups -OCH3 is 2. The molecule has 0 heterocycles. The molecule has 0 radical (unpaired) electrons. The average Bonchev–Trinajstić information content (AvgIpc) is 2.54. The minimum absolute atomic E-state index is 0.0692. The van der Waals surface area contributed by atoms with Gasteiger partial charge in [0, 0.05) is 18.2 Å². The summed E-state index contributed by atoms with van der Waals surface area (Å²) in [5.74, 6) is 1.18. The number of amides is 1. The minimum Gasteiger partial charge on any atom is -0.497 e. The first kappa shape index (κ1) is 15.7. The Balaban J connectivity index is 1.95. The van der Waals surface area contributed by atoms with Gasteiger partial charge in [0.15, 0.2) is 0 Å². The van der Waals surface area contributed by atoms with Crippen molar-refractivity contribution >= 4 is 17.3 Å². The summed E-state index contributed by atoms with van der Waals surface area (Å²) in [6, 6.07) is 12.8. The number of hydrogen-bond donors (Lipinski definition) is 2. The van der Waals surface area contributed by atoms with Crippen LogP contribution in [0.5, 0.6) is 11.5 Å². The van der Waals surface area contributed by atoms with Gasteiger partial charge < -0.3 is 20.5 Å². The lowest BCUT2D eigenvalue weighted by atomic mass is 10.1. The average molecular weight is 300 g/mol. The normalized spacial score (nSPS) is 10.1. The van der Waals surface area contributed by atoms with Gasteiger partial charge in [-0.15, -0.1) is 0 Å². The van der Waals surface area contributed by atoms with Crippen molar-refractivity contribution in [2.75, 3.05) is 25.3 Å². The molecular weight excluding hydrogens is 280 g/mol. The van der Waals surface area contributed by atoms with Crippen LogP contribution in [0.15, 0.2) is 42.5 Å². The summed E-state index contributed by atoms with van der Waals surface area (Å²) in [5, 5.41) is 2.85. The molecule has 2 rings (SSSR count). The second-order valence-corrected chi connectivity index (χ2v) is 4.86. The molecule has 1 amide bonds. The number of nitrogens with one attached hydrogen (secondary N) is 1. The quantitative estimate of drug-likeness (QED) is 0.805. The van der Waals surface area contributed by atoms with Gasteiger partial charge in [0.2, 0.25) is 5.91 Å². The summed E-state index contributed by atoms with van der Waals surface area (Å²) >= 11 is 0. The maximum absolute atomic E-state index is 12.1. The summed E-state index contributed by atoms with van der Waals surface area (Å²) in [6.45, 7) is 0. The fourth-order valence-corrected chi connectivity index (χ4v) is 2.06. The van der Waals surface area contributed by atoms with Crippen molar-refractivity contribution in [1.82, 2.24) is 0 Å². The highest BCUT2D eigenvalue weighted by Crippen LogP contribution is 2.29. The van der Waals surface area contributed by atoms with E-state index in [0.717, 1.165) is 11.3 Å². The number of benzene rings is 2. The van der Waals surface area contributed by atoms with Crippen LogP contribution in [0, 0.1) is 0 Å². The number of nitrogen functional groups attached to an aromatic ring is 1. The van der Waals surface area contributed by atoms with Gasteiger partial charge >= 0.3 is 0 Å². The van der Waals surface area contributed by atoms with Gasteiger partial charge in [-0.1, -0.05) is 12.1 Å². The second kappa shape index (κ2) is 7.36. The van der Waals surface area contributed by atoms with Gasteiger partial charge in [0.25, 0.3) is 0 Å². The Hall–Kier alpha value is -2.69. The minimum atomic E-state index is -0.0692. The molecule has 0 saturated carbocycles. The van der Waals surface area contributed by atoms with Crippen LogP contribution in [-0.4, -0.2) is 20.1 Å². The molecule has 0 aromatic heterocycles. The van der Waals surface area contributed by atoms with Crippen molar-refractivity contribution in [1.29, 1.82) is 0 Å². The smallest absolute Gasteiger partial charge is 0.224 e. The Morgan fingerprint density at radius 2 is 1.82 bits per heavy atom. The van der Waals surface area contributed by atoms with Gasteiger partial charge in [-0.3, -0.25) is 4.79 Å². The number of carbonyl (C=O) groups is 1. The van der Waals surface area contributed by atoms with Gasteiger partial charge in [-0.05, 0) is 36.2 Å². The van der Waals surface area contributed by atoms with Crippen LogP contribution in [0.2, 0.25) is 0 Å². The fourth-order valence-electron chi connectivity index (χ4n) is 2.06. The van der Waals surface area contributed by atoms with Crippen LogP contribution >= 0.6 is 0 Å². The summed E-state index contributed by atoms with van der Waals surface area (Å²) in [7, 11) is 3.14. The molecule has 0 spiro atoms. The van der Waals surface area contributed by atoms with E-state index in [1.165, 1.54) is 0 Å². The zero-order valence-electron chi connectivity index (χ0n) is 12.8. The molecule has 5 heteroatoms. The van der Waals surface area contributed by atoms with E-state index in [2.05, 4.69) is 5.32 Å². The summed E-state index contributed by atoms with van der Waals surface area (Å²) < 4.78 is 10.4. The molecule has 0 aliphatic rings. The zero-order valence-corrected chi connectivity index (χ0v) is 12.8. The van der Waals surface area contributed by atoms with Crippen molar-refractivity contribution in [3.05, 3.63) is 48.0 Å². The molecule has 0 aliphatic carbocycles. The van der Waals surface area contributed by atoms with Crippen molar-refractivity contribution in [3.8, 4) is 11.5 Å². The van der Waals surface area contributed by atoms with E-state index in [4.69, 9.17) is 15.2 Å². The van der Waals surface area contributed by atoms with Gasteiger partial charge in [-0.2, -0.15) is 0 Å². The SMILES string of the molecule is COc1ccc(NC(=O)CCc2ccc(N)cc2)c(OC)c1. The topological polar surface area (TPSA) is 73.6 Å². The lowest BCUT2D eigenvalue weighted by molar-refractivity contribution is -0.116. The van der Waals surface area contributed by atoms with Gasteiger partial charge in [0.05, 0.1) is 19.9 Å². The lowest BCUT2D eigenvalue weighted by Gasteiger charge is -2.11. The van der Waals surface area contributed by atoms with Crippen molar-refractivity contribution in [2.45, 2.75) is 12.8 Å². The highest BCUT2D eigenvalue weighted by molar-refractivity contribution is 5.92. The van der Waals surface area contributed by atoms with E-state index in [0.29, 0.717) is 30.0 Å². The van der Waals surface area contributed by atoms with E-state index in [1.54, 1.807) is 32.4 Å². The van der Waals surface area contributed by atoms with E-state index in [9.17, 15) is 4.79 Å². The molecule has 0 atom stereocenters. The van der Waals surface area contributed by atoms with Crippen molar-refractivity contribution in [3.63, 3.8) is 0 Å². The highest BCUT2D eigenvalue weighted by Gasteiger charge is 2.09. The molecule has 0 saturated heterocycles. The number of aryl methyl sites for hydroxylation is 1. The molecule has 2 aromatic carbocycles. The Kier molecular flexibility index (Phi) is 5.25. The Bertz CT molecular complexity index is 639. The predicted octanol–water partition coefficient (Wildman–Crippen LogP) is 2.86. The van der Waals surface area contributed by atoms with Crippen LogP contribution in [0.1, 0.15) is 12.0 Å². The second-order valence-electron chi connectivity index (χ2n) is 4.86. The van der Waals surface area contributed by atoms with Crippen molar-refractivity contribution < 1.29 is 14.3 Å². The first-order valence-corrected chi connectivity index (χ1v) is 6.98. The van der Waals surface area contributed by atoms with Crippen LogP contribution in [-0.2, 0) is 11.2 Å². The number of hydrogen-bond acceptors (Lipinski definition) is 4. The van der Waals surface area contributed by atoms with Gasteiger partial charge in [-0.25, -0.2) is 0 Å². The number of carbonyl (C=O) groups excluding carboxylic acids is 1. The molecule has 2 aromatic rings. The first-order valence-electron chi connectivity index (χ1n) is 6.98. The Labute approximate surface area is 130 Å². The van der Waals surface area contributed by atoms with Crippen LogP contribution in [0.4, 0.5) is 11.4 Å². The summed E-state index contributed by atoms with van der Waals surface area (Å²) in [5.41, 5.74) is 8.06. The Morgan fingerprint density at radius 3 is 2.45 bits per heavy atom. The van der Waals surface area contributed by atoms with Crippen LogP contribution in [0.25, 0.3) is 0 Å². The van der Waals surface area contributed by atoms with E-state index in [1.807, 2.05) is 24.3 Å². The standard InChI is InChI=1S/C17H20N2O3/c1-21-14-8-9-15(16(11-14)22-2)19-17(20)10-5-12-3-6-13(18)7-4-12/h3-4,6-9,11H,5,10,18H2,1-2H3,(H,19,20). The molecular formula is C17H20N2O3. The van der Waals surface area contributed by atoms with Crippen molar-refractivity contribution in [2.24, 2.45) is 0 Å². The van der Waals surface area contributed by atoms with E-state index in [-0.39, 0.29) is 5.91 Å². The molecule has 3 N–H and O–H groups in total. The summed E-state index contributed by atoms with van der Waals surface area (Å²) in [4.78, 5) is 12.1. The first-order chi connectivity index (χ1) is 10.6. The molecule has 22 heavy (non-hydrogen) atoms. The maximum Gasteiger partial charge on any atom is 0.224 e. The molecule has 0 bridgehead atoms. The number of nitrogens with two attached hydrogens (primary N) is 1. The molecule has 116 valence electrons. The highest BCUT2D eigenvalue weighted by atomic mass is 16.5. The zero-order chi connectivity index (χ0) is 15.9. The largest absolute Gasteiger partial charge is 0.497 e. The third-order valence-corrected chi connectivity index (χ3v) is 3.30. The predicted molar refractivity (Wildman–Crippen MR) is 87.4 cm³/mol. The van der Waals surface area contributed by atoms with E-state index >= 15 is 0 Å². The van der Waals surface area contributed by atoms with Gasteiger partial charge in [0.1, 0.15) is 11.5 Å². The maximum atomic E-state index is 12.1. The van der Waals surface area contributed by atoms with E-state index < -0.39 is 0 Å². The summed E-state index contributed by atoms with van der Waals surface area (Å²) in [6.07, 6.45) is 1.05. The molecule has 0 unspecified atom stereocenters. The number of ether oxygens (including phenoxy) is 2. The third-order valence-electron chi connectivity index (χ3n) is 3.30. The molecule has 5 nitrogen and oxygen atoms in total. The number of rotatable bonds is 6. The number of anilines is 2. The molecule has 0 aliphatic heterocycles. The molecule has 0 fully saturated rings. The van der Waals surface area contributed by atoms with Crippen LogP contribution in [0.3, 0.4) is 0 Å². The Morgan fingerprint density at radius 1 is 1.09 bits per heavy atom. The lowest BCUT2D eigenvalue weighted by Crippen LogP contribution is -2.13. The fraction of sp³-hybridized carbons (Fsp3) is 0.235. The third kappa shape index (κ3) is 4.15.